The van der Waals surface area contributed by atoms with Gasteiger partial charge in [-0.3, -0.25) is 0 Å². The van der Waals surface area contributed by atoms with Gasteiger partial charge in [-0.15, -0.1) is 0 Å². The van der Waals surface area contributed by atoms with Crippen molar-refractivity contribution >= 4 is 18.7 Å². The van der Waals surface area contributed by atoms with Gasteiger partial charge in [0.05, 0.1) is 6.61 Å². The lowest BCUT2D eigenvalue weighted by Gasteiger charge is -2.43. The lowest BCUT2D eigenvalue weighted by atomic mass is 10.1. The van der Waals surface area contributed by atoms with Gasteiger partial charge in [0.25, 0.3) is 8.32 Å². The largest absolute Gasteiger partial charge is 0.405 e. The van der Waals surface area contributed by atoms with E-state index in [0.29, 0.717) is 0 Å². The van der Waals surface area contributed by atoms with Gasteiger partial charge in [-0.2, -0.15) is 0 Å². The summed E-state index contributed by atoms with van der Waals surface area (Å²) in [6.07, 6.45) is -4.68. The molecule has 6 heteroatoms. The second-order valence-electron chi connectivity index (χ2n) is 8.02. The Bertz CT molecular complexity index is 692. The van der Waals surface area contributed by atoms with Gasteiger partial charge in [0, 0.05) is 0 Å². The van der Waals surface area contributed by atoms with Crippen LogP contribution in [0.5, 0.6) is 0 Å². The topological polar surface area (TPSA) is 79.2 Å². The van der Waals surface area contributed by atoms with Crippen molar-refractivity contribution in [1.29, 1.82) is 0 Å². The zero-order valence-corrected chi connectivity index (χ0v) is 16.9. The lowest BCUT2D eigenvalue weighted by molar-refractivity contribution is -0.132. The van der Waals surface area contributed by atoms with Crippen LogP contribution in [0.1, 0.15) is 20.8 Å². The highest BCUT2D eigenvalue weighted by atomic mass is 28.4. The summed E-state index contributed by atoms with van der Waals surface area (Å²) >= 11 is 0. The highest BCUT2D eigenvalue weighted by Gasteiger charge is 2.51. The maximum Gasteiger partial charge on any atom is 0.261 e. The Hall–Kier alpha value is -1.54. The molecule has 0 amide bonds. The number of rotatable bonds is 5. The number of hydrogen-bond donors (Lipinski definition) is 3. The summed E-state index contributed by atoms with van der Waals surface area (Å²) in [5, 5.41) is 31.7. The maximum absolute atomic E-state index is 10.2. The number of aliphatic hydroxyl groups is 3. The minimum Gasteiger partial charge on any atom is -0.405 e. The average molecular weight is 389 g/mol. The van der Waals surface area contributed by atoms with Crippen LogP contribution in [0.3, 0.4) is 0 Å². The van der Waals surface area contributed by atoms with E-state index >= 15 is 0 Å². The molecule has 0 saturated carbocycles. The summed E-state index contributed by atoms with van der Waals surface area (Å²) in [4.78, 5) is 0. The quantitative estimate of drug-likeness (QED) is 0.666. The third-order valence-electron chi connectivity index (χ3n) is 5.22. The zero-order valence-electron chi connectivity index (χ0n) is 15.9. The Morgan fingerprint density at radius 3 is 1.70 bits per heavy atom. The normalized spacial score (nSPS) is 26.3. The van der Waals surface area contributed by atoms with Crippen molar-refractivity contribution in [2.45, 2.75) is 50.4 Å². The fraction of sp³-hybridized carbons (Fsp3) is 0.429. The second-order valence-corrected chi connectivity index (χ2v) is 12.3. The van der Waals surface area contributed by atoms with Gasteiger partial charge in [0.15, 0.2) is 6.29 Å². The van der Waals surface area contributed by atoms with Crippen LogP contribution in [0, 0.1) is 0 Å². The van der Waals surface area contributed by atoms with Crippen molar-refractivity contribution in [3.05, 3.63) is 60.7 Å². The molecule has 0 radical (unpaired) electrons. The summed E-state index contributed by atoms with van der Waals surface area (Å²) in [6.45, 7) is 6.57. The Labute approximate surface area is 161 Å². The van der Waals surface area contributed by atoms with Gasteiger partial charge in [0.2, 0.25) is 0 Å². The van der Waals surface area contributed by atoms with Gasteiger partial charge in [-0.25, -0.2) is 0 Å². The highest BCUT2D eigenvalue weighted by molar-refractivity contribution is 6.99. The smallest absolute Gasteiger partial charge is 0.261 e. The van der Waals surface area contributed by atoms with E-state index < -0.39 is 32.9 Å². The highest BCUT2D eigenvalue weighted by Crippen LogP contribution is 2.37. The van der Waals surface area contributed by atoms with Gasteiger partial charge < -0.3 is 24.5 Å². The second kappa shape index (κ2) is 7.83. The Balaban J connectivity index is 2.02. The first-order valence-electron chi connectivity index (χ1n) is 9.22. The summed E-state index contributed by atoms with van der Waals surface area (Å²) in [6, 6.07) is 20.3. The SMILES string of the molecule is CC(C)(C)[Si](OCC1OC(O)C(O)C1O)(c1ccccc1)c1ccccc1. The molecule has 0 aromatic heterocycles. The van der Waals surface area contributed by atoms with E-state index in [1.807, 2.05) is 36.4 Å². The summed E-state index contributed by atoms with van der Waals surface area (Å²) in [5.41, 5.74) is 0. The molecule has 2 aromatic carbocycles. The van der Waals surface area contributed by atoms with Crippen molar-refractivity contribution in [2.75, 3.05) is 6.61 Å². The molecular formula is C21H28O5Si. The van der Waals surface area contributed by atoms with Crippen LogP contribution in [0.15, 0.2) is 60.7 Å². The van der Waals surface area contributed by atoms with Crippen molar-refractivity contribution in [2.24, 2.45) is 0 Å². The van der Waals surface area contributed by atoms with Gasteiger partial charge >= 0.3 is 0 Å². The first-order chi connectivity index (χ1) is 12.8. The molecule has 27 heavy (non-hydrogen) atoms. The first kappa shape index (κ1) is 20.2. The molecule has 1 heterocycles. The van der Waals surface area contributed by atoms with E-state index in [9.17, 15) is 15.3 Å². The summed E-state index contributed by atoms with van der Waals surface area (Å²) in [7, 11) is -2.74. The van der Waals surface area contributed by atoms with E-state index in [1.165, 1.54) is 0 Å². The van der Waals surface area contributed by atoms with E-state index in [2.05, 4.69) is 45.0 Å². The molecule has 1 fully saturated rings. The predicted molar refractivity (Wildman–Crippen MR) is 106 cm³/mol. The average Bonchev–Trinajstić information content (AvgIpc) is 2.90. The lowest BCUT2D eigenvalue weighted by Crippen LogP contribution is -2.67. The molecule has 3 rings (SSSR count). The van der Waals surface area contributed by atoms with E-state index in [4.69, 9.17) is 9.16 Å². The molecule has 146 valence electrons. The Kier molecular flexibility index (Phi) is 5.86. The van der Waals surface area contributed by atoms with E-state index in [-0.39, 0.29) is 11.6 Å². The molecule has 2 aromatic rings. The van der Waals surface area contributed by atoms with Crippen LogP contribution in [-0.2, 0) is 9.16 Å². The Morgan fingerprint density at radius 2 is 1.33 bits per heavy atom. The number of aliphatic hydroxyl groups excluding tert-OH is 3. The van der Waals surface area contributed by atoms with Crippen LogP contribution in [0.2, 0.25) is 5.04 Å². The fourth-order valence-corrected chi connectivity index (χ4v) is 8.41. The van der Waals surface area contributed by atoms with Gasteiger partial charge in [-0.05, 0) is 15.4 Å². The number of ether oxygens (including phenoxy) is 1. The molecule has 3 N–H and O–H groups in total. The number of benzene rings is 2. The molecule has 1 saturated heterocycles. The van der Waals surface area contributed by atoms with Crippen LogP contribution < -0.4 is 10.4 Å². The minimum absolute atomic E-state index is 0.0859. The van der Waals surface area contributed by atoms with Crippen LogP contribution in [0.25, 0.3) is 0 Å². The fourth-order valence-electron chi connectivity index (χ4n) is 3.84. The Morgan fingerprint density at radius 1 is 0.852 bits per heavy atom. The molecule has 0 bridgehead atoms. The standard InChI is InChI=1S/C21H28O5Si/c1-21(2,3)27(15-10-6-4-7-11-15,16-12-8-5-9-13-16)25-14-17-18(22)19(23)20(24)26-17/h4-13,17-20,22-24H,14H2,1-3H3. The predicted octanol–water partition coefficient (Wildman–Crippen LogP) is 1.00. The third kappa shape index (κ3) is 3.74. The molecule has 0 aliphatic carbocycles. The van der Waals surface area contributed by atoms with E-state index in [0.717, 1.165) is 10.4 Å². The van der Waals surface area contributed by atoms with Gasteiger partial charge in [0.1, 0.15) is 18.3 Å². The van der Waals surface area contributed by atoms with Crippen LogP contribution in [-0.4, -0.2) is 54.8 Å². The summed E-state index contributed by atoms with van der Waals surface area (Å²) < 4.78 is 12.0. The van der Waals surface area contributed by atoms with Crippen molar-refractivity contribution in [3.63, 3.8) is 0 Å². The molecule has 4 unspecified atom stereocenters. The van der Waals surface area contributed by atoms with Crippen LogP contribution >= 0.6 is 0 Å². The molecular weight excluding hydrogens is 360 g/mol. The molecule has 1 aliphatic heterocycles. The molecule has 0 spiro atoms. The zero-order chi connectivity index (χ0) is 19.7. The van der Waals surface area contributed by atoms with E-state index in [1.54, 1.807) is 0 Å². The third-order valence-corrected chi connectivity index (χ3v) is 10.2. The van der Waals surface area contributed by atoms with Crippen molar-refractivity contribution < 1.29 is 24.5 Å². The molecule has 5 nitrogen and oxygen atoms in total. The van der Waals surface area contributed by atoms with Crippen molar-refractivity contribution in [1.82, 2.24) is 0 Å². The minimum atomic E-state index is -2.74. The number of hydrogen-bond acceptors (Lipinski definition) is 5. The molecule has 1 aliphatic rings. The maximum atomic E-state index is 10.2. The van der Waals surface area contributed by atoms with Crippen molar-refractivity contribution in [3.8, 4) is 0 Å². The summed E-state index contributed by atoms with van der Waals surface area (Å²) in [5.74, 6) is 0. The first-order valence-corrected chi connectivity index (χ1v) is 11.1. The van der Waals surface area contributed by atoms with Crippen LogP contribution in [0.4, 0.5) is 0 Å². The molecule has 4 atom stereocenters. The monoisotopic (exact) mass is 388 g/mol. The van der Waals surface area contributed by atoms with Gasteiger partial charge in [-0.1, -0.05) is 81.4 Å².